The van der Waals surface area contributed by atoms with E-state index in [9.17, 15) is 4.79 Å². The van der Waals surface area contributed by atoms with Crippen LogP contribution in [0.1, 0.15) is 20.4 Å². The molecule has 4 rings (SSSR count). The number of anilines is 2. The van der Waals surface area contributed by atoms with Gasteiger partial charge in [-0.1, -0.05) is 0 Å². The molecule has 0 N–H and O–H groups in total. The molecule has 0 atom stereocenters. The van der Waals surface area contributed by atoms with Gasteiger partial charge in [0.2, 0.25) is 0 Å². The molecule has 0 amide bonds. The second-order valence-corrected chi connectivity index (χ2v) is 9.26. The van der Waals surface area contributed by atoms with Crippen molar-refractivity contribution in [2.24, 2.45) is 0 Å². The van der Waals surface area contributed by atoms with E-state index in [1.165, 1.54) is 5.56 Å². The van der Waals surface area contributed by atoms with Gasteiger partial charge in [-0.2, -0.15) is 0 Å². The Balaban J connectivity index is 1.81. The van der Waals surface area contributed by atoms with Crippen LogP contribution in [-0.4, -0.2) is 32.3 Å². The molecule has 0 unspecified atom stereocenters. The first-order valence-corrected chi connectivity index (χ1v) is 11.3. The standard InChI is InChI=1S/C24H19ClN2OSe/c1-16-8-10-17(11-9-16)21-23(22(28)18-12-14-19(25)15-13-18)29-24(26-21)27(2)20-6-4-3-5-7-20/h3-15H,1-2H3. The molecule has 0 saturated carbocycles. The molecule has 0 saturated heterocycles. The number of nitrogens with zero attached hydrogens (tertiary/aromatic N) is 2. The van der Waals surface area contributed by atoms with E-state index in [4.69, 9.17) is 16.6 Å². The number of halogens is 1. The number of aromatic nitrogens is 1. The van der Waals surface area contributed by atoms with Gasteiger partial charge in [-0.05, 0) is 0 Å². The summed E-state index contributed by atoms with van der Waals surface area (Å²) in [5, 5.41) is 0.618. The number of ketones is 1. The average Bonchev–Trinajstić information content (AvgIpc) is 3.20. The summed E-state index contributed by atoms with van der Waals surface area (Å²) in [4.78, 5) is 20.3. The van der Waals surface area contributed by atoms with Crippen LogP contribution in [0.2, 0.25) is 5.02 Å². The molecule has 4 aromatic rings. The van der Waals surface area contributed by atoms with E-state index in [1.807, 2.05) is 68.6 Å². The first-order valence-electron chi connectivity index (χ1n) is 9.20. The summed E-state index contributed by atoms with van der Waals surface area (Å²) in [6.07, 6.45) is 0. The normalized spacial score (nSPS) is 10.7. The van der Waals surface area contributed by atoms with Crippen molar-refractivity contribution >= 4 is 42.3 Å². The van der Waals surface area contributed by atoms with Crippen molar-refractivity contribution in [3.63, 3.8) is 0 Å². The molecule has 0 aliphatic carbocycles. The Bertz CT molecular complexity index is 1140. The van der Waals surface area contributed by atoms with Crippen LogP contribution in [0.25, 0.3) is 11.3 Å². The fourth-order valence-corrected chi connectivity index (χ4v) is 5.30. The van der Waals surface area contributed by atoms with Crippen LogP contribution < -0.4 is 4.90 Å². The first kappa shape index (κ1) is 19.7. The molecular formula is C24H19ClN2OSe. The molecule has 0 radical (unpaired) electrons. The zero-order chi connectivity index (χ0) is 20.4. The Labute approximate surface area is 181 Å². The number of para-hydroxylation sites is 1. The number of hydrogen-bond acceptors (Lipinski definition) is 3. The Kier molecular flexibility index (Phi) is 5.68. The van der Waals surface area contributed by atoms with Gasteiger partial charge in [0.15, 0.2) is 0 Å². The molecule has 0 bridgehead atoms. The maximum absolute atomic E-state index is 13.3. The molecule has 1 aromatic heterocycles. The molecule has 0 aliphatic rings. The third-order valence-corrected chi connectivity index (χ3v) is 7.31. The number of aryl methyl sites for hydroxylation is 1. The van der Waals surface area contributed by atoms with Gasteiger partial charge in [0.1, 0.15) is 0 Å². The van der Waals surface area contributed by atoms with Gasteiger partial charge < -0.3 is 0 Å². The second-order valence-electron chi connectivity index (χ2n) is 6.77. The van der Waals surface area contributed by atoms with Crippen LogP contribution in [-0.2, 0) is 0 Å². The fraction of sp³-hybridized carbons (Fsp3) is 0.0833. The fourth-order valence-electron chi connectivity index (χ4n) is 3.01. The first-order chi connectivity index (χ1) is 14.0. The third kappa shape index (κ3) is 4.20. The Hall–Kier alpha value is -2.65. The van der Waals surface area contributed by atoms with Crippen molar-refractivity contribution in [1.82, 2.24) is 4.98 Å². The molecular weight excluding hydrogens is 447 g/mol. The van der Waals surface area contributed by atoms with E-state index in [0.717, 1.165) is 26.1 Å². The molecule has 0 spiro atoms. The quantitative estimate of drug-likeness (QED) is 0.277. The summed E-state index contributed by atoms with van der Waals surface area (Å²) in [6, 6.07) is 25.3. The van der Waals surface area contributed by atoms with Gasteiger partial charge >= 0.3 is 182 Å². The van der Waals surface area contributed by atoms with Crippen LogP contribution >= 0.6 is 11.6 Å². The van der Waals surface area contributed by atoms with Crippen molar-refractivity contribution in [1.29, 1.82) is 0 Å². The van der Waals surface area contributed by atoms with Gasteiger partial charge in [0, 0.05) is 0 Å². The van der Waals surface area contributed by atoms with E-state index in [0.29, 0.717) is 10.6 Å². The third-order valence-electron chi connectivity index (χ3n) is 4.68. The van der Waals surface area contributed by atoms with E-state index >= 15 is 0 Å². The maximum atomic E-state index is 13.3. The molecule has 144 valence electrons. The predicted molar refractivity (Wildman–Crippen MR) is 121 cm³/mol. The van der Waals surface area contributed by atoms with Crippen molar-refractivity contribution in [2.45, 2.75) is 6.92 Å². The van der Waals surface area contributed by atoms with E-state index < -0.39 is 0 Å². The minimum absolute atomic E-state index is 0.0115. The molecule has 3 aromatic carbocycles. The van der Waals surface area contributed by atoms with E-state index in [2.05, 4.69) is 4.90 Å². The number of rotatable bonds is 5. The van der Waals surface area contributed by atoms with E-state index in [-0.39, 0.29) is 20.3 Å². The second kappa shape index (κ2) is 8.38. The van der Waals surface area contributed by atoms with E-state index in [1.54, 1.807) is 24.3 Å². The number of benzene rings is 3. The Morgan fingerprint density at radius 1 is 0.931 bits per heavy atom. The monoisotopic (exact) mass is 466 g/mol. The molecule has 3 nitrogen and oxygen atoms in total. The topological polar surface area (TPSA) is 33.2 Å². The summed E-state index contributed by atoms with van der Waals surface area (Å²) in [5.74, 6) is 0.0115. The van der Waals surface area contributed by atoms with Crippen molar-refractivity contribution in [3.8, 4) is 11.3 Å². The number of carbonyl (C=O) groups is 1. The summed E-state index contributed by atoms with van der Waals surface area (Å²) in [5.41, 5.74) is 4.59. The van der Waals surface area contributed by atoms with Crippen LogP contribution in [0.15, 0.2) is 78.9 Å². The average molecular weight is 466 g/mol. The van der Waals surface area contributed by atoms with Crippen molar-refractivity contribution in [3.05, 3.63) is 99.4 Å². The number of carbonyl (C=O) groups excluding carboxylic acids is 1. The predicted octanol–water partition coefficient (Wildman–Crippen LogP) is 5.77. The zero-order valence-electron chi connectivity index (χ0n) is 16.1. The van der Waals surface area contributed by atoms with Crippen molar-refractivity contribution in [2.75, 3.05) is 11.9 Å². The SMILES string of the molecule is Cc1ccc(-c2nc(N(C)c3ccccc3)[se]c2C(=O)c2ccc(Cl)cc2)cc1. The molecule has 29 heavy (non-hydrogen) atoms. The van der Waals surface area contributed by atoms with Crippen LogP contribution in [0, 0.1) is 6.92 Å². The summed E-state index contributed by atoms with van der Waals surface area (Å²) >= 11 is 5.79. The molecule has 5 heteroatoms. The molecule has 1 heterocycles. The van der Waals surface area contributed by atoms with Gasteiger partial charge in [0.25, 0.3) is 0 Å². The Morgan fingerprint density at radius 2 is 1.59 bits per heavy atom. The summed E-state index contributed by atoms with van der Waals surface area (Å²) < 4.78 is 1.68. The molecule has 0 fully saturated rings. The van der Waals surface area contributed by atoms with Gasteiger partial charge in [-0.3, -0.25) is 0 Å². The summed E-state index contributed by atoms with van der Waals surface area (Å²) in [7, 11) is 2.00. The van der Waals surface area contributed by atoms with Crippen LogP contribution in [0.3, 0.4) is 0 Å². The van der Waals surface area contributed by atoms with Crippen LogP contribution in [0.5, 0.6) is 0 Å². The van der Waals surface area contributed by atoms with Gasteiger partial charge in [0.05, 0.1) is 0 Å². The minimum atomic E-state index is -0.207. The summed E-state index contributed by atoms with van der Waals surface area (Å²) in [6.45, 7) is 2.05. The van der Waals surface area contributed by atoms with Gasteiger partial charge in [-0.25, -0.2) is 0 Å². The van der Waals surface area contributed by atoms with Crippen molar-refractivity contribution < 1.29 is 4.79 Å². The Morgan fingerprint density at radius 3 is 2.24 bits per heavy atom. The van der Waals surface area contributed by atoms with Crippen LogP contribution in [0.4, 0.5) is 10.4 Å². The van der Waals surface area contributed by atoms with Gasteiger partial charge in [-0.15, -0.1) is 0 Å². The number of hydrogen-bond donors (Lipinski definition) is 0. The zero-order valence-corrected chi connectivity index (χ0v) is 18.6. The molecule has 0 aliphatic heterocycles.